The number of hydrogen-bond donors (Lipinski definition) is 0. The standard InChI is InChI=1S/C16H13ClN4O/c1-9-5-11(20-22-9)7-15-19-14-8-18-13-4-3-10(17)6-12(13)16(14)21(15)2/h3-6,8H,7H2,1-2H3. The minimum absolute atomic E-state index is 0.616. The van der Waals surface area contributed by atoms with E-state index in [1.807, 2.05) is 38.2 Å². The van der Waals surface area contributed by atoms with Crippen LogP contribution in [-0.4, -0.2) is 19.7 Å². The van der Waals surface area contributed by atoms with Crippen molar-refractivity contribution in [3.8, 4) is 0 Å². The maximum absolute atomic E-state index is 6.13. The fourth-order valence-corrected chi connectivity index (χ4v) is 2.91. The molecule has 0 aliphatic carbocycles. The molecule has 4 rings (SSSR count). The number of imidazole rings is 1. The number of benzene rings is 1. The van der Waals surface area contributed by atoms with Crippen molar-refractivity contribution in [1.29, 1.82) is 0 Å². The summed E-state index contributed by atoms with van der Waals surface area (Å²) in [6, 6.07) is 7.62. The number of hydrogen-bond acceptors (Lipinski definition) is 4. The number of fused-ring (bicyclic) bond motifs is 3. The number of nitrogens with zero attached hydrogens (tertiary/aromatic N) is 4. The van der Waals surface area contributed by atoms with E-state index >= 15 is 0 Å². The van der Waals surface area contributed by atoms with Crippen LogP contribution in [0.5, 0.6) is 0 Å². The lowest BCUT2D eigenvalue weighted by Gasteiger charge is -2.03. The molecule has 1 aromatic carbocycles. The van der Waals surface area contributed by atoms with Gasteiger partial charge < -0.3 is 9.09 Å². The van der Waals surface area contributed by atoms with Gasteiger partial charge in [-0.25, -0.2) is 4.98 Å². The molecule has 0 amide bonds. The van der Waals surface area contributed by atoms with Crippen molar-refractivity contribution in [2.45, 2.75) is 13.3 Å². The molecule has 0 fully saturated rings. The smallest absolute Gasteiger partial charge is 0.133 e. The van der Waals surface area contributed by atoms with Crippen LogP contribution in [0.15, 0.2) is 35.0 Å². The summed E-state index contributed by atoms with van der Waals surface area (Å²) in [5, 5.41) is 5.73. The van der Waals surface area contributed by atoms with Crippen molar-refractivity contribution in [3.63, 3.8) is 0 Å². The zero-order valence-electron chi connectivity index (χ0n) is 12.2. The molecule has 4 aromatic rings. The molecule has 0 saturated carbocycles. The molecule has 6 heteroatoms. The summed E-state index contributed by atoms with van der Waals surface area (Å²) in [6.07, 6.45) is 2.41. The van der Waals surface area contributed by atoms with Crippen LogP contribution < -0.4 is 0 Å². The van der Waals surface area contributed by atoms with E-state index < -0.39 is 0 Å². The maximum Gasteiger partial charge on any atom is 0.133 e. The van der Waals surface area contributed by atoms with Crippen LogP contribution in [0.1, 0.15) is 17.3 Å². The second-order valence-electron chi connectivity index (χ2n) is 5.35. The Morgan fingerprint density at radius 1 is 1.23 bits per heavy atom. The number of rotatable bonds is 2. The van der Waals surface area contributed by atoms with Gasteiger partial charge in [0.15, 0.2) is 0 Å². The Bertz CT molecular complexity index is 1000. The molecule has 0 saturated heterocycles. The van der Waals surface area contributed by atoms with E-state index in [0.717, 1.165) is 39.2 Å². The van der Waals surface area contributed by atoms with Crippen LogP contribution in [0.4, 0.5) is 0 Å². The Balaban J connectivity index is 1.92. The third-order valence-electron chi connectivity index (χ3n) is 3.77. The van der Waals surface area contributed by atoms with Crippen LogP contribution in [0.2, 0.25) is 5.02 Å². The molecular formula is C16H13ClN4O. The highest BCUT2D eigenvalue weighted by Gasteiger charge is 2.14. The largest absolute Gasteiger partial charge is 0.361 e. The number of aromatic nitrogens is 4. The van der Waals surface area contributed by atoms with Crippen LogP contribution in [0.25, 0.3) is 21.9 Å². The predicted molar refractivity (Wildman–Crippen MR) is 85.1 cm³/mol. The first kappa shape index (κ1) is 13.3. The van der Waals surface area contributed by atoms with Gasteiger partial charge in [0, 0.05) is 23.5 Å². The molecule has 110 valence electrons. The van der Waals surface area contributed by atoms with Gasteiger partial charge in [0.2, 0.25) is 0 Å². The van der Waals surface area contributed by atoms with E-state index in [0.29, 0.717) is 11.4 Å². The molecule has 0 bridgehead atoms. The van der Waals surface area contributed by atoms with E-state index in [4.69, 9.17) is 16.1 Å². The Hall–Kier alpha value is -2.40. The van der Waals surface area contributed by atoms with Crippen molar-refractivity contribution < 1.29 is 4.52 Å². The van der Waals surface area contributed by atoms with Crippen LogP contribution in [-0.2, 0) is 13.5 Å². The van der Waals surface area contributed by atoms with Gasteiger partial charge in [-0.15, -0.1) is 0 Å². The van der Waals surface area contributed by atoms with E-state index in [-0.39, 0.29) is 0 Å². The molecule has 0 aliphatic rings. The molecule has 0 N–H and O–H groups in total. The van der Waals surface area contributed by atoms with E-state index in [9.17, 15) is 0 Å². The predicted octanol–water partition coefficient (Wildman–Crippen LogP) is 3.66. The first-order valence-electron chi connectivity index (χ1n) is 6.93. The minimum Gasteiger partial charge on any atom is -0.361 e. The molecule has 0 aliphatic heterocycles. The monoisotopic (exact) mass is 312 g/mol. The summed E-state index contributed by atoms with van der Waals surface area (Å²) in [7, 11) is 2.00. The Morgan fingerprint density at radius 3 is 2.86 bits per heavy atom. The molecule has 5 nitrogen and oxygen atoms in total. The van der Waals surface area contributed by atoms with Crippen molar-refractivity contribution in [3.05, 3.63) is 52.8 Å². The zero-order chi connectivity index (χ0) is 15.3. The first-order chi connectivity index (χ1) is 10.6. The average molecular weight is 313 g/mol. The molecule has 3 aromatic heterocycles. The normalized spacial score (nSPS) is 11.6. The summed E-state index contributed by atoms with van der Waals surface area (Å²) in [4.78, 5) is 9.12. The SMILES string of the molecule is Cc1cc(Cc2nc3cnc4ccc(Cl)cc4c3n2C)no1. The van der Waals surface area contributed by atoms with E-state index in [1.54, 1.807) is 6.20 Å². The Labute approximate surface area is 131 Å². The fraction of sp³-hybridized carbons (Fsp3) is 0.188. The lowest BCUT2D eigenvalue weighted by Crippen LogP contribution is -1.99. The minimum atomic E-state index is 0.616. The topological polar surface area (TPSA) is 56.7 Å². The molecular weight excluding hydrogens is 300 g/mol. The highest BCUT2D eigenvalue weighted by Crippen LogP contribution is 2.27. The number of halogens is 1. The molecule has 3 heterocycles. The fourth-order valence-electron chi connectivity index (χ4n) is 2.74. The Morgan fingerprint density at radius 2 is 2.09 bits per heavy atom. The van der Waals surface area contributed by atoms with Crippen LogP contribution >= 0.6 is 11.6 Å². The summed E-state index contributed by atoms with van der Waals surface area (Å²) < 4.78 is 7.19. The summed E-state index contributed by atoms with van der Waals surface area (Å²) in [5.74, 6) is 1.71. The number of pyridine rings is 1. The lowest BCUT2D eigenvalue weighted by molar-refractivity contribution is 0.391. The van der Waals surface area contributed by atoms with Gasteiger partial charge in [0.1, 0.15) is 17.1 Å². The van der Waals surface area contributed by atoms with Gasteiger partial charge in [0.25, 0.3) is 0 Å². The highest BCUT2D eigenvalue weighted by molar-refractivity contribution is 6.31. The number of aryl methyl sites for hydroxylation is 2. The van der Waals surface area contributed by atoms with Crippen molar-refractivity contribution in [1.82, 2.24) is 19.7 Å². The Kier molecular flexibility index (Phi) is 2.90. The quantitative estimate of drug-likeness (QED) is 0.567. The lowest BCUT2D eigenvalue weighted by atomic mass is 10.2. The van der Waals surface area contributed by atoms with Crippen LogP contribution in [0, 0.1) is 6.92 Å². The molecule has 0 unspecified atom stereocenters. The van der Waals surface area contributed by atoms with Gasteiger partial charge in [-0.3, -0.25) is 4.98 Å². The van der Waals surface area contributed by atoms with Gasteiger partial charge in [-0.05, 0) is 25.1 Å². The maximum atomic E-state index is 6.13. The van der Waals surface area contributed by atoms with E-state index in [2.05, 4.69) is 19.7 Å². The van der Waals surface area contributed by atoms with Crippen molar-refractivity contribution in [2.75, 3.05) is 0 Å². The molecule has 22 heavy (non-hydrogen) atoms. The average Bonchev–Trinajstić information content (AvgIpc) is 3.04. The molecule has 0 spiro atoms. The van der Waals surface area contributed by atoms with E-state index in [1.165, 1.54) is 0 Å². The summed E-state index contributed by atoms with van der Waals surface area (Å²) in [5.41, 5.74) is 3.66. The van der Waals surface area contributed by atoms with Gasteiger partial charge >= 0.3 is 0 Å². The third-order valence-corrected chi connectivity index (χ3v) is 4.01. The summed E-state index contributed by atoms with van der Waals surface area (Å²) >= 11 is 6.13. The van der Waals surface area contributed by atoms with Gasteiger partial charge in [-0.2, -0.15) is 0 Å². The third kappa shape index (κ3) is 2.05. The summed E-state index contributed by atoms with van der Waals surface area (Å²) in [6.45, 7) is 1.88. The van der Waals surface area contributed by atoms with Crippen LogP contribution in [0.3, 0.4) is 0 Å². The van der Waals surface area contributed by atoms with Crippen molar-refractivity contribution in [2.24, 2.45) is 7.05 Å². The van der Waals surface area contributed by atoms with Gasteiger partial charge in [0.05, 0.1) is 29.3 Å². The van der Waals surface area contributed by atoms with Gasteiger partial charge in [-0.1, -0.05) is 16.8 Å². The highest BCUT2D eigenvalue weighted by atomic mass is 35.5. The second kappa shape index (κ2) is 4.81. The zero-order valence-corrected chi connectivity index (χ0v) is 12.9. The molecule has 0 radical (unpaired) electrons. The molecule has 0 atom stereocenters. The second-order valence-corrected chi connectivity index (χ2v) is 5.78. The first-order valence-corrected chi connectivity index (χ1v) is 7.31. The van der Waals surface area contributed by atoms with Crippen molar-refractivity contribution >= 4 is 33.5 Å².